The van der Waals surface area contributed by atoms with Crippen molar-refractivity contribution in [1.82, 2.24) is 9.80 Å². The van der Waals surface area contributed by atoms with Gasteiger partial charge >= 0.3 is 0 Å². The molecule has 1 fully saturated rings. The maximum absolute atomic E-state index is 14.0. The number of halogens is 1. The zero-order valence-electron chi connectivity index (χ0n) is 18.6. The summed E-state index contributed by atoms with van der Waals surface area (Å²) in [5.74, 6) is 1.54. The summed E-state index contributed by atoms with van der Waals surface area (Å²) in [5.41, 5.74) is 1.34. The first-order valence-electron chi connectivity index (χ1n) is 11.3. The predicted molar refractivity (Wildman–Crippen MR) is 120 cm³/mol. The van der Waals surface area contributed by atoms with Gasteiger partial charge in [0.1, 0.15) is 19.0 Å². The van der Waals surface area contributed by atoms with Gasteiger partial charge in [-0.15, -0.1) is 0 Å². The third kappa shape index (κ3) is 5.58. The predicted octanol–water partition coefficient (Wildman–Crippen LogP) is 3.60. The van der Waals surface area contributed by atoms with E-state index in [1.807, 2.05) is 17.0 Å². The van der Waals surface area contributed by atoms with Crippen molar-refractivity contribution < 1.29 is 23.4 Å². The minimum atomic E-state index is -0.148. The molecule has 2 aliphatic heterocycles. The molecule has 0 aromatic heterocycles. The van der Waals surface area contributed by atoms with Gasteiger partial charge in [-0.05, 0) is 56.1 Å². The first kappa shape index (κ1) is 22.6. The zero-order valence-corrected chi connectivity index (χ0v) is 18.6. The molecule has 0 saturated carbocycles. The summed E-state index contributed by atoms with van der Waals surface area (Å²) in [5, 5.41) is 0. The smallest absolute Gasteiger partial charge is 0.254 e. The average Bonchev–Trinajstić information content (AvgIpc) is 2.83. The van der Waals surface area contributed by atoms with Gasteiger partial charge in [-0.2, -0.15) is 0 Å². The third-order valence-electron chi connectivity index (χ3n) is 6.18. The van der Waals surface area contributed by atoms with Gasteiger partial charge in [0.05, 0.1) is 6.61 Å². The van der Waals surface area contributed by atoms with Crippen LogP contribution in [0.25, 0.3) is 0 Å². The number of fused-ring (bicyclic) bond motifs is 1. The second-order valence-corrected chi connectivity index (χ2v) is 8.41. The number of amides is 1. The largest absolute Gasteiger partial charge is 0.486 e. The molecule has 0 unspecified atom stereocenters. The van der Waals surface area contributed by atoms with Crippen molar-refractivity contribution in [1.29, 1.82) is 0 Å². The molecule has 2 aromatic rings. The zero-order chi connectivity index (χ0) is 22.3. The molecule has 172 valence electrons. The van der Waals surface area contributed by atoms with Gasteiger partial charge in [-0.25, -0.2) is 4.39 Å². The maximum Gasteiger partial charge on any atom is 0.254 e. The number of piperidine rings is 1. The molecule has 1 amide bonds. The summed E-state index contributed by atoms with van der Waals surface area (Å²) in [4.78, 5) is 17.4. The van der Waals surface area contributed by atoms with E-state index < -0.39 is 0 Å². The molecule has 7 heteroatoms. The Balaban J connectivity index is 1.36. The molecule has 32 heavy (non-hydrogen) atoms. The topological polar surface area (TPSA) is 51.2 Å². The second-order valence-electron chi connectivity index (χ2n) is 8.41. The van der Waals surface area contributed by atoms with Crippen molar-refractivity contribution in [2.45, 2.75) is 19.4 Å². The van der Waals surface area contributed by atoms with Crippen molar-refractivity contribution in [3.63, 3.8) is 0 Å². The first-order chi connectivity index (χ1) is 15.6. The van der Waals surface area contributed by atoms with E-state index in [2.05, 4.69) is 4.90 Å². The number of hydrogen-bond acceptors (Lipinski definition) is 5. The van der Waals surface area contributed by atoms with Crippen LogP contribution in [-0.4, -0.2) is 68.8 Å². The highest BCUT2D eigenvalue weighted by atomic mass is 19.1. The van der Waals surface area contributed by atoms with Crippen LogP contribution in [0.15, 0.2) is 42.5 Å². The Morgan fingerprint density at radius 3 is 2.62 bits per heavy atom. The quantitative estimate of drug-likeness (QED) is 0.625. The van der Waals surface area contributed by atoms with E-state index in [-0.39, 0.29) is 11.7 Å². The lowest BCUT2D eigenvalue weighted by atomic mass is 9.95. The van der Waals surface area contributed by atoms with Crippen molar-refractivity contribution >= 4 is 5.91 Å². The van der Waals surface area contributed by atoms with Crippen LogP contribution < -0.4 is 9.47 Å². The van der Waals surface area contributed by atoms with Crippen molar-refractivity contribution in [3.05, 3.63) is 59.4 Å². The molecule has 2 aromatic carbocycles. The first-order valence-corrected chi connectivity index (χ1v) is 11.3. The number of methoxy groups -OCH3 is 1. The van der Waals surface area contributed by atoms with E-state index in [0.717, 1.165) is 31.5 Å². The lowest BCUT2D eigenvalue weighted by Gasteiger charge is -2.35. The number of rotatable bonds is 8. The summed E-state index contributed by atoms with van der Waals surface area (Å²) < 4.78 is 30.4. The molecule has 1 saturated heterocycles. The molecular formula is C25H31FN2O4. The van der Waals surface area contributed by atoms with E-state index in [0.29, 0.717) is 62.4 Å². The van der Waals surface area contributed by atoms with Crippen LogP contribution in [0.3, 0.4) is 0 Å². The van der Waals surface area contributed by atoms with Gasteiger partial charge in [0.15, 0.2) is 11.5 Å². The summed E-state index contributed by atoms with van der Waals surface area (Å²) >= 11 is 0. The Morgan fingerprint density at radius 1 is 1.12 bits per heavy atom. The SMILES string of the molecule is COCCN(CC1CCN(Cc2ccccc2F)CC1)C(=O)c1ccc2c(c1)OCCO2. The summed E-state index contributed by atoms with van der Waals surface area (Å²) in [6, 6.07) is 12.3. The van der Waals surface area contributed by atoms with Gasteiger partial charge in [0.25, 0.3) is 5.91 Å². The van der Waals surface area contributed by atoms with Gasteiger partial charge in [0, 0.05) is 37.9 Å². The fraction of sp³-hybridized carbons (Fsp3) is 0.480. The minimum absolute atomic E-state index is 0.0205. The normalized spacial score (nSPS) is 16.7. The molecule has 0 radical (unpaired) electrons. The van der Waals surface area contributed by atoms with Crippen molar-refractivity contribution in [2.75, 3.05) is 53.1 Å². The molecule has 4 rings (SSSR count). The van der Waals surface area contributed by atoms with Crippen LogP contribution in [0.2, 0.25) is 0 Å². The molecule has 2 aliphatic rings. The Labute approximate surface area is 188 Å². The third-order valence-corrected chi connectivity index (χ3v) is 6.18. The van der Waals surface area contributed by atoms with Gasteiger partial charge < -0.3 is 19.1 Å². The Kier molecular flexibility index (Phi) is 7.60. The molecule has 0 aliphatic carbocycles. The van der Waals surface area contributed by atoms with Crippen LogP contribution in [-0.2, 0) is 11.3 Å². The standard InChI is InChI=1S/C25H31FN2O4/c1-30-13-12-28(25(29)20-6-7-23-24(16-20)32-15-14-31-23)17-19-8-10-27(11-9-19)18-21-4-2-3-5-22(21)26/h2-7,16,19H,8-15,17-18H2,1H3. The van der Waals surface area contributed by atoms with Gasteiger partial charge in [-0.3, -0.25) is 9.69 Å². The van der Waals surface area contributed by atoms with E-state index >= 15 is 0 Å². The molecule has 0 N–H and O–H groups in total. The molecular weight excluding hydrogens is 411 g/mol. The Morgan fingerprint density at radius 2 is 1.88 bits per heavy atom. The van der Waals surface area contributed by atoms with Gasteiger partial charge in [-0.1, -0.05) is 18.2 Å². The summed E-state index contributed by atoms with van der Waals surface area (Å²) in [7, 11) is 1.65. The highest BCUT2D eigenvalue weighted by Crippen LogP contribution is 2.31. The van der Waals surface area contributed by atoms with E-state index in [4.69, 9.17) is 14.2 Å². The summed E-state index contributed by atoms with van der Waals surface area (Å²) in [6.07, 6.45) is 1.96. The fourth-order valence-electron chi connectivity index (χ4n) is 4.34. The van der Waals surface area contributed by atoms with Gasteiger partial charge in [0.2, 0.25) is 0 Å². The lowest BCUT2D eigenvalue weighted by molar-refractivity contribution is 0.0616. The highest BCUT2D eigenvalue weighted by molar-refractivity contribution is 5.95. The Hall–Kier alpha value is -2.64. The minimum Gasteiger partial charge on any atom is -0.486 e. The number of hydrogen-bond donors (Lipinski definition) is 0. The van der Waals surface area contributed by atoms with Crippen molar-refractivity contribution in [3.8, 4) is 11.5 Å². The van der Waals surface area contributed by atoms with Crippen molar-refractivity contribution in [2.24, 2.45) is 5.92 Å². The molecule has 0 bridgehead atoms. The summed E-state index contributed by atoms with van der Waals surface area (Å²) in [6.45, 7) is 5.15. The fourth-order valence-corrected chi connectivity index (χ4v) is 4.34. The number of nitrogens with zero attached hydrogens (tertiary/aromatic N) is 2. The average molecular weight is 443 g/mol. The van der Waals surface area contributed by atoms with Crippen LogP contribution in [0.5, 0.6) is 11.5 Å². The number of carbonyl (C=O) groups excluding carboxylic acids is 1. The second kappa shape index (κ2) is 10.8. The monoisotopic (exact) mass is 442 g/mol. The van der Waals surface area contributed by atoms with Crippen LogP contribution >= 0.6 is 0 Å². The maximum atomic E-state index is 14.0. The highest BCUT2D eigenvalue weighted by Gasteiger charge is 2.25. The van der Waals surface area contributed by atoms with E-state index in [1.54, 1.807) is 31.4 Å². The molecule has 0 spiro atoms. The number of carbonyl (C=O) groups is 1. The molecule has 2 heterocycles. The lowest BCUT2D eigenvalue weighted by Crippen LogP contribution is -2.42. The van der Waals surface area contributed by atoms with E-state index in [1.165, 1.54) is 6.07 Å². The van der Waals surface area contributed by atoms with Crippen LogP contribution in [0, 0.1) is 11.7 Å². The van der Waals surface area contributed by atoms with Crippen LogP contribution in [0.1, 0.15) is 28.8 Å². The number of benzene rings is 2. The van der Waals surface area contributed by atoms with Crippen LogP contribution in [0.4, 0.5) is 4.39 Å². The number of ether oxygens (including phenoxy) is 3. The number of likely N-dealkylation sites (tertiary alicyclic amines) is 1. The molecule has 6 nitrogen and oxygen atoms in total. The Bertz CT molecular complexity index is 915. The van der Waals surface area contributed by atoms with E-state index in [9.17, 15) is 9.18 Å². The molecule has 0 atom stereocenters.